The fourth-order valence-electron chi connectivity index (χ4n) is 5.36. The Labute approximate surface area is 177 Å². The molecule has 4 rings (SSSR count). The van der Waals surface area contributed by atoms with Crippen molar-refractivity contribution in [2.75, 3.05) is 14.2 Å². The second-order valence-electron chi connectivity index (χ2n) is 8.57. The third-order valence-electron chi connectivity index (χ3n) is 6.82. The van der Waals surface area contributed by atoms with Gasteiger partial charge in [-0.1, -0.05) is 70.7 Å². The Morgan fingerprint density at radius 2 is 1.31 bits per heavy atom. The van der Waals surface area contributed by atoms with Gasteiger partial charge in [-0.05, 0) is 66.1 Å². The zero-order chi connectivity index (χ0) is 20.1. The summed E-state index contributed by atoms with van der Waals surface area (Å²) in [6, 6.07) is 15.4. The minimum absolute atomic E-state index is 0.164. The molecule has 2 aromatic carbocycles. The molecule has 2 fully saturated rings. The molecular formula is C26H35O2P. The standard InChI is InChI=1S/C26H35O2P/c1-27-20-17-18-25(28-2)24(19-20)23-15-9-10-16-26(23)29(21-11-5-3-6-12-21)22-13-7-4-8-14-22/h9-10,15-19,21-22H,3-8,11-14H2,1-2H3. The maximum absolute atomic E-state index is 5.78. The van der Waals surface area contributed by atoms with Crippen molar-refractivity contribution in [3.8, 4) is 22.6 Å². The zero-order valence-corrected chi connectivity index (χ0v) is 18.9. The Kier molecular flexibility index (Phi) is 7.14. The highest BCUT2D eigenvalue weighted by Crippen LogP contribution is 2.56. The molecule has 2 aliphatic rings. The van der Waals surface area contributed by atoms with Crippen molar-refractivity contribution < 1.29 is 9.47 Å². The molecule has 0 radical (unpaired) electrons. The average Bonchev–Trinajstić information content (AvgIpc) is 2.80. The van der Waals surface area contributed by atoms with Crippen LogP contribution in [0.15, 0.2) is 42.5 Å². The summed E-state index contributed by atoms with van der Waals surface area (Å²) in [5.41, 5.74) is 4.33. The Balaban J connectivity index is 1.80. The Hall–Kier alpha value is -1.53. The zero-order valence-electron chi connectivity index (χ0n) is 18.0. The van der Waals surface area contributed by atoms with Gasteiger partial charge in [-0.15, -0.1) is 0 Å². The predicted octanol–water partition coefficient (Wildman–Crippen LogP) is 7.14. The molecule has 0 amide bonds. The Morgan fingerprint density at radius 1 is 0.690 bits per heavy atom. The van der Waals surface area contributed by atoms with Gasteiger partial charge in [-0.3, -0.25) is 0 Å². The van der Waals surface area contributed by atoms with E-state index in [0.29, 0.717) is 0 Å². The lowest BCUT2D eigenvalue weighted by Gasteiger charge is -2.39. The van der Waals surface area contributed by atoms with E-state index < -0.39 is 0 Å². The lowest BCUT2D eigenvalue weighted by atomic mass is 9.99. The van der Waals surface area contributed by atoms with Gasteiger partial charge in [0.2, 0.25) is 0 Å². The number of rotatable bonds is 6. The van der Waals surface area contributed by atoms with Crippen LogP contribution >= 0.6 is 7.92 Å². The summed E-state index contributed by atoms with van der Waals surface area (Å²) in [6.07, 6.45) is 14.2. The molecule has 0 bridgehead atoms. The first-order valence-electron chi connectivity index (χ1n) is 11.4. The van der Waals surface area contributed by atoms with E-state index >= 15 is 0 Å². The number of benzene rings is 2. The quantitative estimate of drug-likeness (QED) is 0.471. The van der Waals surface area contributed by atoms with Crippen LogP contribution in [0.2, 0.25) is 0 Å². The average molecular weight is 411 g/mol. The molecule has 2 aliphatic carbocycles. The smallest absolute Gasteiger partial charge is 0.126 e. The monoisotopic (exact) mass is 410 g/mol. The van der Waals surface area contributed by atoms with E-state index in [1.807, 2.05) is 6.07 Å². The largest absolute Gasteiger partial charge is 0.497 e. The van der Waals surface area contributed by atoms with E-state index in [1.54, 1.807) is 19.5 Å². The second-order valence-corrected chi connectivity index (χ2v) is 11.3. The van der Waals surface area contributed by atoms with Crippen LogP contribution in [0, 0.1) is 0 Å². The van der Waals surface area contributed by atoms with Gasteiger partial charge in [0.15, 0.2) is 0 Å². The van der Waals surface area contributed by atoms with E-state index in [4.69, 9.17) is 9.47 Å². The van der Waals surface area contributed by atoms with Gasteiger partial charge in [0.25, 0.3) is 0 Å². The molecule has 0 heterocycles. The SMILES string of the molecule is COc1ccc(OC)c(-c2ccccc2P(C2CCCCC2)C2CCCCC2)c1. The van der Waals surface area contributed by atoms with Gasteiger partial charge in [0.05, 0.1) is 14.2 Å². The molecule has 0 aliphatic heterocycles. The van der Waals surface area contributed by atoms with E-state index in [2.05, 4.69) is 36.4 Å². The van der Waals surface area contributed by atoms with E-state index in [1.165, 1.54) is 75.3 Å². The van der Waals surface area contributed by atoms with Crippen molar-refractivity contribution >= 4 is 13.2 Å². The van der Waals surface area contributed by atoms with Gasteiger partial charge in [0, 0.05) is 5.56 Å². The molecule has 2 nitrogen and oxygen atoms in total. The van der Waals surface area contributed by atoms with Crippen LogP contribution in [0.4, 0.5) is 0 Å². The Bertz CT molecular complexity index is 773. The van der Waals surface area contributed by atoms with Crippen LogP contribution in [-0.2, 0) is 0 Å². The van der Waals surface area contributed by atoms with Crippen molar-refractivity contribution in [2.24, 2.45) is 0 Å². The summed E-state index contributed by atoms with van der Waals surface area (Å²) in [5.74, 6) is 1.84. The van der Waals surface area contributed by atoms with Crippen LogP contribution in [0.5, 0.6) is 11.5 Å². The summed E-state index contributed by atoms with van der Waals surface area (Å²) in [5, 5.41) is 1.60. The molecule has 0 N–H and O–H groups in total. The molecule has 3 heteroatoms. The molecule has 2 saturated carbocycles. The molecule has 29 heavy (non-hydrogen) atoms. The lowest BCUT2D eigenvalue weighted by molar-refractivity contribution is 0.404. The van der Waals surface area contributed by atoms with E-state index in [-0.39, 0.29) is 7.92 Å². The third-order valence-corrected chi connectivity index (χ3v) is 10.4. The number of hydrogen-bond donors (Lipinski definition) is 0. The van der Waals surface area contributed by atoms with Gasteiger partial charge in [-0.25, -0.2) is 0 Å². The fraction of sp³-hybridized carbons (Fsp3) is 0.538. The third kappa shape index (κ3) is 4.64. The first kappa shape index (κ1) is 20.7. The molecular weight excluding hydrogens is 375 g/mol. The maximum atomic E-state index is 5.78. The van der Waals surface area contributed by atoms with Crippen LogP contribution < -0.4 is 14.8 Å². The van der Waals surface area contributed by atoms with Crippen LogP contribution in [-0.4, -0.2) is 25.5 Å². The van der Waals surface area contributed by atoms with Crippen molar-refractivity contribution in [3.63, 3.8) is 0 Å². The second kappa shape index (κ2) is 9.98. The summed E-state index contributed by atoms with van der Waals surface area (Å²) in [4.78, 5) is 0. The van der Waals surface area contributed by atoms with Gasteiger partial charge >= 0.3 is 0 Å². The molecule has 0 aromatic heterocycles. The molecule has 0 spiro atoms. The number of ether oxygens (including phenoxy) is 2. The molecule has 0 unspecified atom stereocenters. The van der Waals surface area contributed by atoms with Crippen molar-refractivity contribution in [1.82, 2.24) is 0 Å². The summed E-state index contributed by atoms with van der Waals surface area (Å²) in [6.45, 7) is 0. The summed E-state index contributed by atoms with van der Waals surface area (Å²) >= 11 is 0. The molecule has 2 aromatic rings. The van der Waals surface area contributed by atoms with Gasteiger partial charge in [-0.2, -0.15) is 0 Å². The van der Waals surface area contributed by atoms with Crippen LogP contribution in [0.25, 0.3) is 11.1 Å². The molecule has 0 saturated heterocycles. The highest BCUT2D eigenvalue weighted by molar-refractivity contribution is 7.67. The minimum atomic E-state index is -0.164. The van der Waals surface area contributed by atoms with Gasteiger partial charge < -0.3 is 9.47 Å². The topological polar surface area (TPSA) is 18.5 Å². The summed E-state index contributed by atoms with van der Waals surface area (Å²) < 4.78 is 11.3. The van der Waals surface area contributed by atoms with Crippen molar-refractivity contribution in [3.05, 3.63) is 42.5 Å². The lowest BCUT2D eigenvalue weighted by Crippen LogP contribution is -2.27. The normalized spacial score (nSPS) is 18.7. The predicted molar refractivity (Wildman–Crippen MR) is 125 cm³/mol. The number of methoxy groups -OCH3 is 2. The first-order chi connectivity index (χ1) is 14.3. The number of hydrogen-bond acceptors (Lipinski definition) is 2. The molecule has 0 atom stereocenters. The highest BCUT2D eigenvalue weighted by Gasteiger charge is 2.33. The van der Waals surface area contributed by atoms with E-state index in [0.717, 1.165) is 22.8 Å². The first-order valence-corrected chi connectivity index (χ1v) is 12.9. The molecule has 156 valence electrons. The van der Waals surface area contributed by atoms with E-state index in [9.17, 15) is 0 Å². The maximum Gasteiger partial charge on any atom is 0.126 e. The highest BCUT2D eigenvalue weighted by atomic mass is 31.1. The van der Waals surface area contributed by atoms with Crippen molar-refractivity contribution in [1.29, 1.82) is 0 Å². The van der Waals surface area contributed by atoms with Crippen LogP contribution in [0.3, 0.4) is 0 Å². The van der Waals surface area contributed by atoms with Crippen LogP contribution in [0.1, 0.15) is 64.2 Å². The fourth-order valence-corrected chi connectivity index (χ4v) is 9.32. The minimum Gasteiger partial charge on any atom is -0.497 e. The summed E-state index contributed by atoms with van der Waals surface area (Å²) in [7, 11) is 3.36. The Morgan fingerprint density at radius 3 is 1.90 bits per heavy atom. The van der Waals surface area contributed by atoms with Gasteiger partial charge in [0.1, 0.15) is 11.5 Å². The van der Waals surface area contributed by atoms with Crippen molar-refractivity contribution in [2.45, 2.75) is 75.5 Å².